The molecule has 0 aromatic carbocycles. The van der Waals surface area contributed by atoms with E-state index in [4.69, 9.17) is 0 Å². The van der Waals surface area contributed by atoms with Gasteiger partial charge in [-0.1, -0.05) is 22.8 Å². The van der Waals surface area contributed by atoms with Crippen molar-refractivity contribution < 1.29 is 0 Å². The maximum Gasteiger partial charge on any atom is -0.0134 e. The van der Waals surface area contributed by atoms with E-state index in [1.807, 2.05) is 0 Å². The standard InChI is InChI=1S/C10H16/c1-8(2)4-6-10-7-5-9(10)3/h4H,5-7H2,1-3H3. The largest absolute Gasteiger partial charge is 0.0818 e. The van der Waals surface area contributed by atoms with E-state index in [-0.39, 0.29) is 0 Å². The fraction of sp³-hybridized carbons (Fsp3) is 0.600. The molecule has 0 spiro atoms. The summed E-state index contributed by atoms with van der Waals surface area (Å²) < 4.78 is 0. The lowest BCUT2D eigenvalue weighted by Gasteiger charge is -2.19. The van der Waals surface area contributed by atoms with Crippen LogP contribution in [0, 0.1) is 0 Å². The van der Waals surface area contributed by atoms with Crippen LogP contribution in [0.25, 0.3) is 0 Å². The minimum atomic E-state index is 1.20. The first kappa shape index (κ1) is 7.59. The molecular formula is C10H16. The van der Waals surface area contributed by atoms with Gasteiger partial charge in [0.25, 0.3) is 0 Å². The third-order valence-electron chi connectivity index (χ3n) is 2.16. The lowest BCUT2D eigenvalue weighted by molar-refractivity contribution is 0.772. The second-order valence-electron chi connectivity index (χ2n) is 3.37. The van der Waals surface area contributed by atoms with Gasteiger partial charge in [-0.2, -0.15) is 0 Å². The van der Waals surface area contributed by atoms with E-state index in [0.29, 0.717) is 0 Å². The van der Waals surface area contributed by atoms with E-state index in [0.717, 1.165) is 0 Å². The Bertz CT molecular complexity index is 178. The van der Waals surface area contributed by atoms with E-state index in [2.05, 4.69) is 26.8 Å². The molecule has 0 aliphatic heterocycles. The van der Waals surface area contributed by atoms with Gasteiger partial charge in [0, 0.05) is 0 Å². The summed E-state index contributed by atoms with van der Waals surface area (Å²) in [5.74, 6) is 0. The van der Waals surface area contributed by atoms with E-state index in [1.165, 1.54) is 24.8 Å². The van der Waals surface area contributed by atoms with Crippen molar-refractivity contribution in [1.82, 2.24) is 0 Å². The molecule has 0 nitrogen and oxygen atoms in total. The molecule has 1 aliphatic carbocycles. The van der Waals surface area contributed by atoms with Gasteiger partial charge in [0.05, 0.1) is 0 Å². The van der Waals surface area contributed by atoms with Crippen molar-refractivity contribution >= 4 is 0 Å². The maximum atomic E-state index is 2.32. The van der Waals surface area contributed by atoms with E-state index in [1.54, 1.807) is 11.1 Å². The minimum absolute atomic E-state index is 1.20. The molecule has 0 unspecified atom stereocenters. The summed E-state index contributed by atoms with van der Waals surface area (Å²) in [5.41, 5.74) is 4.73. The SMILES string of the molecule is CC(C)=CCC1=C(C)CC1. The van der Waals surface area contributed by atoms with Gasteiger partial charge >= 0.3 is 0 Å². The van der Waals surface area contributed by atoms with Crippen molar-refractivity contribution in [2.24, 2.45) is 0 Å². The Labute approximate surface area is 63.6 Å². The molecule has 0 aromatic rings. The van der Waals surface area contributed by atoms with E-state index in [9.17, 15) is 0 Å². The Balaban J connectivity index is 2.41. The predicted octanol–water partition coefficient (Wildman–Crippen LogP) is 3.45. The zero-order valence-electron chi connectivity index (χ0n) is 7.20. The molecule has 0 atom stereocenters. The average Bonchev–Trinajstić information content (AvgIpc) is 1.84. The van der Waals surface area contributed by atoms with E-state index >= 15 is 0 Å². The van der Waals surface area contributed by atoms with Crippen LogP contribution in [0.2, 0.25) is 0 Å². The Morgan fingerprint density at radius 1 is 1.40 bits per heavy atom. The molecule has 0 aromatic heterocycles. The highest BCUT2D eigenvalue weighted by molar-refractivity contribution is 5.25. The van der Waals surface area contributed by atoms with E-state index < -0.39 is 0 Å². The molecule has 0 radical (unpaired) electrons. The number of rotatable bonds is 2. The molecule has 0 heteroatoms. The fourth-order valence-corrected chi connectivity index (χ4v) is 1.16. The Hall–Kier alpha value is -0.520. The van der Waals surface area contributed by atoms with Crippen LogP contribution in [0.4, 0.5) is 0 Å². The molecular weight excluding hydrogens is 120 g/mol. The smallest absolute Gasteiger partial charge is 0.0134 e. The second kappa shape index (κ2) is 3.05. The molecule has 0 saturated carbocycles. The first-order valence-electron chi connectivity index (χ1n) is 4.01. The summed E-state index contributed by atoms with van der Waals surface area (Å²) in [5, 5.41) is 0. The highest BCUT2D eigenvalue weighted by atomic mass is 14.2. The summed E-state index contributed by atoms with van der Waals surface area (Å²) in [4.78, 5) is 0. The fourth-order valence-electron chi connectivity index (χ4n) is 1.16. The summed E-state index contributed by atoms with van der Waals surface area (Å²) in [6.45, 7) is 6.57. The van der Waals surface area contributed by atoms with Crippen LogP contribution >= 0.6 is 0 Å². The van der Waals surface area contributed by atoms with Gasteiger partial charge in [-0.15, -0.1) is 0 Å². The Morgan fingerprint density at radius 3 is 2.40 bits per heavy atom. The van der Waals surface area contributed by atoms with Gasteiger partial charge in [-0.05, 0) is 40.0 Å². The van der Waals surface area contributed by atoms with Crippen LogP contribution < -0.4 is 0 Å². The molecule has 0 heterocycles. The molecule has 10 heavy (non-hydrogen) atoms. The van der Waals surface area contributed by atoms with Crippen LogP contribution in [-0.2, 0) is 0 Å². The van der Waals surface area contributed by atoms with Crippen LogP contribution in [0.1, 0.15) is 40.0 Å². The zero-order valence-corrected chi connectivity index (χ0v) is 7.20. The quantitative estimate of drug-likeness (QED) is 0.510. The zero-order chi connectivity index (χ0) is 7.56. The normalized spacial score (nSPS) is 16.7. The first-order valence-corrected chi connectivity index (χ1v) is 4.01. The maximum absolute atomic E-state index is 2.32. The van der Waals surface area contributed by atoms with Crippen LogP contribution in [0.15, 0.2) is 22.8 Å². The van der Waals surface area contributed by atoms with Gasteiger partial charge < -0.3 is 0 Å². The van der Waals surface area contributed by atoms with Crippen molar-refractivity contribution in [3.8, 4) is 0 Å². The van der Waals surface area contributed by atoms with Gasteiger partial charge in [-0.3, -0.25) is 0 Å². The summed E-state index contributed by atoms with van der Waals surface area (Å²) in [6, 6.07) is 0. The highest BCUT2D eigenvalue weighted by Gasteiger charge is 2.10. The van der Waals surface area contributed by atoms with Crippen molar-refractivity contribution in [2.75, 3.05) is 0 Å². The summed E-state index contributed by atoms with van der Waals surface area (Å²) in [6.07, 6.45) is 6.20. The minimum Gasteiger partial charge on any atom is -0.0818 e. The van der Waals surface area contributed by atoms with Gasteiger partial charge in [-0.25, -0.2) is 0 Å². The van der Waals surface area contributed by atoms with Crippen LogP contribution in [-0.4, -0.2) is 0 Å². The molecule has 0 bridgehead atoms. The number of hydrogen-bond acceptors (Lipinski definition) is 0. The number of allylic oxidation sites excluding steroid dienone is 4. The Kier molecular flexibility index (Phi) is 2.31. The third kappa shape index (κ3) is 1.73. The second-order valence-corrected chi connectivity index (χ2v) is 3.37. The van der Waals surface area contributed by atoms with Crippen molar-refractivity contribution in [3.05, 3.63) is 22.8 Å². The lowest BCUT2D eigenvalue weighted by Crippen LogP contribution is -1.99. The topological polar surface area (TPSA) is 0 Å². The monoisotopic (exact) mass is 136 g/mol. The molecule has 0 amide bonds. The van der Waals surface area contributed by atoms with Crippen molar-refractivity contribution in [2.45, 2.75) is 40.0 Å². The Morgan fingerprint density at radius 2 is 2.10 bits per heavy atom. The molecule has 0 N–H and O–H groups in total. The first-order chi connectivity index (χ1) is 4.70. The van der Waals surface area contributed by atoms with Crippen molar-refractivity contribution in [1.29, 1.82) is 0 Å². The lowest BCUT2D eigenvalue weighted by atomic mass is 9.87. The molecule has 0 fully saturated rings. The summed E-state index contributed by atoms with van der Waals surface area (Å²) in [7, 11) is 0. The molecule has 1 rings (SSSR count). The average molecular weight is 136 g/mol. The molecule has 56 valence electrons. The highest BCUT2D eigenvalue weighted by Crippen LogP contribution is 2.29. The predicted molar refractivity (Wildman–Crippen MR) is 46.0 cm³/mol. The van der Waals surface area contributed by atoms with Gasteiger partial charge in [0.2, 0.25) is 0 Å². The summed E-state index contributed by atoms with van der Waals surface area (Å²) >= 11 is 0. The molecule has 0 saturated heterocycles. The van der Waals surface area contributed by atoms with Crippen LogP contribution in [0.3, 0.4) is 0 Å². The molecule has 1 aliphatic rings. The van der Waals surface area contributed by atoms with Crippen molar-refractivity contribution in [3.63, 3.8) is 0 Å². The van der Waals surface area contributed by atoms with Gasteiger partial charge in [0.15, 0.2) is 0 Å². The van der Waals surface area contributed by atoms with Crippen LogP contribution in [0.5, 0.6) is 0 Å². The van der Waals surface area contributed by atoms with Gasteiger partial charge in [0.1, 0.15) is 0 Å². The number of hydrogen-bond donors (Lipinski definition) is 0. The third-order valence-corrected chi connectivity index (χ3v) is 2.16.